The second-order valence-corrected chi connectivity index (χ2v) is 4.81. The molecule has 0 unspecified atom stereocenters. The third-order valence-corrected chi connectivity index (χ3v) is 3.11. The SMILES string of the molecule is Cn1cnc2c(Oc3cccc(Br)c3)nccc21. The molecule has 1 aromatic carbocycles. The fourth-order valence-electron chi connectivity index (χ4n) is 1.75. The number of aryl methyl sites for hydroxylation is 1. The number of rotatable bonds is 2. The largest absolute Gasteiger partial charge is 0.437 e. The van der Waals surface area contributed by atoms with Gasteiger partial charge in [-0.1, -0.05) is 22.0 Å². The second kappa shape index (κ2) is 4.42. The van der Waals surface area contributed by atoms with Crippen molar-refractivity contribution >= 4 is 27.0 Å². The number of benzene rings is 1. The summed E-state index contributed by atoms with van der Waals surface area (Å²) >= 11 is 3.41. The van der Waals surface area contributed by atoms with Crippen LogP contribution in [-0.4, -0.2) is 14.5 Å². The maximum absolute atomic E-state index is 5.77. The van der Waals surface area contributed by atoms with Gasteiger partial charge in [-0.15, -0.1) is 0 Å². The van der Waals surface area contributed by atoms with Gasteiger partial charge in [-0.2, -0.15) is 0 Å². The Hall–Kier alpha value is -1.88. The third-order valence-electron chi connectivity index (χ3n) is 2.62. The Balaban J connectivity index is 2.05. The number of aromatic nitrogens is 3. The average molecular weight is 304 g/mol. The quantitative estimate of drug-likeness (QED) is 0.727. The van der Waals surface area contributed by atoms with Crippen LogP contribution in [0.4, 0.5) is 0 Å². The Labute approximate surface area is 112 Å². The molecule has 2 aromatic heterocycles. The molecule has 3 rings (SSSR count). The Morgan fingerprint density at radius 3 is 2.94 bits per heavy atom. The van der Waals surface area contributed by atoms with Crippen LogP contribution in [-0.2, 0) is 7.05 Å². The van der Waals surface area contributed by atoms with Crippen LogP contribution in [0.2, 0.25) is 0 Å². The Bertz CT molecular complexity index is 708. The van der Waals surface area contributed by atoms with Crippen LogP contribution in [0.1, 0.15) is 0 Å². The second-order valence-electron chi connectivity index (χ2n) is 3.90. The molecule has 0 N–H and O–H groups in total. The lowest BCUT2D eigenvalue weighted by Gasteiger charge is -2.05. The van der Waals surface area contributed by atoms with Gasteiger partial charge in [-0.3, -0.25) is 0 Å². The van der Waals surface area contributed by atoms with Crippen molar-refractivity contribution in [3.05, 3.63) is 47.3 Å². The summed E-state index contributed by atoms with van der Waals surface area (Å²) in [6.07, 6.45) is 3.47. The van der Waals surface area contributed by atoms with Crippen LogP contribution < -0.4 is 4.74 Å². The van der Waals surface area contributed by atoms with Crippen molar-refractivity contribution in [2.75, 3.05) is 0 Å². The van der Waals surface area contributed by atoms with Crippen molar-refractivity contribution in [1.82, 2.24) is 14.5 Å². The number of fused-ring (bicyclic) bond motifs is 1. The van der Waals surface area contributed by atoms with Gasteiger partial charge in [0.25, 0.3) is 0 Å². The number of ether oxygens (including phenoxy) is 1. The normalized spacial score (nSPS) is 10.8. The maximum atomic E-state index is 5.77. The highest BCUT2D eigenvalue weighted by Crippen LogP contribution is 2.27. The zero-order valence-electron chi connectivity index (χ0n) is 9.67. The van der Waals surface area contributed by atoms with Crippen molar-refractivity contribution in [1.29, 1.82) is 0 Å². The minimum Gasteiger partial charge on any atom is -0.437 e. The number of pyridine rings is 1. The van der Waals surface area contributed by atoms with E-state index >= 15 is 0 Å². The Kier molecular flexibility index (Phi) is 2.76. The number of nitrogens with zero attached hydrogens (tertiary/aromatic N) is 3. The molecule has 0 spiro atoms. The summed E-state index contributed by atoms with van der Waals surface area (Å²) in [7, 11) is 1.94. The lowest BCUT2D eigenvalue weighted by molar-refractivity contribution is 0.468. The standard InChI is InChI=1S/C13H10BrN3O/c1-17-8-16-12-11(17)5-6-15-13(12)18-10-4-2-3-9(14)7-10/h2-8H,1H3. The smallest absolute Gasteiger partial charge is 0.247 e. The van der Waals surface area contributed by atoms with E-state index in [1.807, 2.05) is 41.9 Å². The molecule has 3 aromatic rings. The highest BCUT2D eigenvalue weighted by molar-refractivity contribution is 9.10. The topological polar surface area (TPSA) is 39.9 Å². The Morgan fingerprint density at radius 1 is 1.22 bits per heavy atom. The van der Waals surface area contributed by atoms with Gasteiger partial charge < -0.3 is 9.30 Å². The van der Waals surface area contributed by atoms with Gasteiger partial charge in [0, 0.05) is 17.7 Å². The monoisotopic (exact) mass is 303 g/mol. The maximum Gasteiger partial charge on any atom is 0.247 e. The molecule has 0 radical (unpaired) electrons. The molecule has 0 saturated heterocycles. The number of hydrogen-bond acceptors (Lipinski definition) is 3. The first-order chi connectivity index (χ1) is 8.74. The van der Waals surface area contributed by atoms with E-state index in [9.17, 15) is 0 Å². The summed E-state index contributed by atoms with van der Waals surface area (Å²) in [6, 6.07) is 9.55. The van der Waals surface area contributed by atoms with Crippen LogP contribution in [0.3, 0.4) is 0 Å². The van der Waals surface area contributed by atoms with Crippen molar-refractivity contribution < 1.29 is 4.74 Å². The molecule has 18 heavy (non-hydrogen) atoms. The van der Waals surface area contributed by atoms with Crippen LogP contribution in [0.5, 0.6) is 11.6 Å². The third kappa shape index (κ3) is 1.97. The fourth-order valence-corrected chi connectivity index (χ4v) is 2.13. The Morgan fingerprint density at radius 2 is 2.11 bits per heavy atom. The summed E-state index contributed by atoms with van der Waals surface area (Å²) in [5.41, 5.74) is 1.76. The molecule has 2 heterocycles. The van der Waals surface area contributed by atoms with Gasteiger partial charge in [0.1, 0.15) is 5.75 Å². The molecule has 0 aliphatic heterocycles. The lowest BCUT2D eigenvalue weighted by atomic mass is 10.3. The van der Waals surface area contributed by atoms with Gasteiger partial charge >= 0.3 is 0 Å². The van der Waals surface area contributed by atoms with Crippen molar-refractivity contribution in [2.24, 2.45) is 7.05 Å². The average Bonchev–Trinajstić information content (AvgIpc) is 2.73. The van der Waals surface area contributed by atoms with E-state index in [1.54, 1.807) is 12.5 Å². The lowest BCUT2D eigenvalue weighted by Crippen LogP contribution is -1.90. The van der Waals surface area contributed by atoms with E-state index in [-0.39, 0.29) is 0 Å². The summed E-state index contributed by atoms with van der Waals surface area (Å²) in [4.78, 5) is 8.53. The summed E-state index contributed by atoms with van der Waals surface area (Å²) in [5.74, 6) is 1.25. The number of halogens is 1. The molecule has 0 amide bonds. The van der Waals surface area contributed by atoms with Gasteiger partial charge in [0.2, 0.25) is 5.88 Å². The van der Waals surface area contributed by atoms with Crippen molar-refractivity contribution in [3.63, 3.8) is 0 Å². The predicted molar refractivity (Wildman–Crippen MR) is 72.7 cm³/mol. The fraction of sp³-hybridized carbons (Fsp3) is 0.0769. The minimum absolute atomic E-state index is 0.520. The predicted octanol–water partition coefficient (Wildman–Crippen LogP) is 3.52. The highest BCUT2D eigenvalue weighted by atomic mass is 79.9. The zero-order chi connectivity index (χ0) is 12.5. The van der Waals surface area contributed by atoms with Crippen LogP contribution in [0.25, 0.3) is 11.0 Å². The summed E-state index contributed by atoms with van der Waals surface area (Å²) < 4.78 is 8.67. The van der Waals surface area contributed by atoms with Crippen LogP contribution in [0, 0.1) is 0 Å². The molecule has 0 fully saturated rings. The molecule has 0 atom stereocenters. The number of imidazole rings is 1. The molecule has 5 heteroatoms. The van der Waals surface area contributed by atoms with E-state index in [2.05, 4.69) is 25.9 Å². The van der Waals surface area contributed by atoms with E-state index in [0.717, 1.165) is 21.3 Å². The first-order valence-electron chi connectivity index (χ1n) is 5.43. The van der Waals surface area contributed by atoms with Crippen molar-refractivity contribution in [3.8, 4) is 11.6 Å². The van der Waals surface area contributed by atoms with Crippen LogP contribution >= 0.6 is 15.9 Å². The van der Waals surface area contributed by atoms with Crippen molar-refractivity contribution in [2.45, 2.75) is 0 Å². The van der Waals surface area contributed by atoms with Gasteiger partial charge in [0.05, 0.1) is 11.8 Å². The van der Waals surface area contributed by atoms with Crippen LogP contribution in [0.15, 0.2) is 47.3 Å². The van der Waals surface area contributed by atoms with E-state index in [0.29, 0.717) is 5.88 Å². The first kappa shape index (κ1) is 11.2. The van der Waals surface area contributed by atoms with Gasteiger partial charge in [0.15, 0.2) is 5.52 Å². The van der Waals surface area contributed by atoms with E-state index in [1.165, 1.54) is 0 Å². The first-order valence-corrected chi connectivity index (χ1v) is 6.23. The molecule has 0 aliphatic rings. The molecular formula is C13H10BrN3O. The van der Waals surface area contributed by atoms with E-state index < -0.39 is 0 Å². The molecule has 4 nitrogen and oxygen atoms in total. The molecular weight excluding hydrogens is 294 g/mol. The summed E-state index contributed by atoms with van der Waals surface area (Å²) in [5, 5.41) is 0. The molecule has 0 saturated carbocycles. The molecule has 0 bridgehead atoms. The van der Waals surface area contributed by atoms with E-state index in [4.69, 9.17) is 4.74 Å². The van der Waals surface area contributed by atoms with Gasteiger partial charge in [-0.25, -0.2) is 9.97 Å². The van der Waals surface area contributed by atoms with Gasteiger partial charge in [-0.05, 0) is 24.3 Å². The molecule has 0 aliphatic carbocycles. The highest BCUT2D eigenvalue weighted by Gasteiger charge is 2.08. The summed E-state index contributed by atoms with van der Waals surface area (Å²) in [6.45, 7) is 0. The number of hydrogen-bond donors (Lipinski definition) is 0. The zero-order valence-corrected chi connectivity index (χ0v) is 11.3. The minimum atomic E-state index is 0.520. The molecule has 90 valence electrons.